The highest BCUT2D eigenvalue weighted by Gasteiger charge is 2.27. The number of rotatable bonds is 18. The molecule has 0 aromatic heterocycles. The molecule has 248 valence electrons. The number of hydrogen-bond acceptors (Lipinski definition) is 10. The van der Waals surface area contributed by atoms with Gasteiger partial charge in [-0.25, -0.2) is 0 Å². The molecule has 4 amide bonds. The van der Waals surface area contributed by atoms with Crippen LogP contribution in [-0.2, 0) is 39.9 Å². The van der Waals surface area contributed by atoms with Gasteiger partial charge in [0, 0.05) is 25.0 Å². The van der Waals surface area contributed by atoms with E-state index < -0.39 is 96.1 Å². The number of amides is 4. The quantitative estimate of drug-likeness (QED) is 0.0539. The van der Waals surface area contributed by atoms with Crippen molar-refractivity contribution in [3.05, 3.63) is 75.8 Å². The van der Waals surface area contributed by atoms with Gasteiger partial charge in [0.05, 0.1) is 23.9 Å². The number of aliphatic hydroxyl groups excluding tert-OH is 1. The first-order chi connectivity index (χ1) is 21.8. The van der Waals surface area contributed by atoms with Crippen LogP contribution in [0.15, 0.2) is 54.6 Å². The Balaban J connectivity index is 1.88. The molecular weight excluding hydrogens is 653 g/mol. The number of nitrogens with one attached hydrogen (secondary N) is 4. The molecule has 0 bridgehead atoms. The second-order valence-corrected chi connectivity index (χ2v) is 10.7. The second-order valence-electron chi connectivity index (χ2n) is 9.59. The maximum Gasteiger partial charge on any atom is 0.322 e. The zero-order valence-corrected chi connectivity index (χ0v) is 25.5. The highest BCUT2D eigenvalue weighted by molar-refractivity contribution is 6.53. The van der Waals surface area contributed by atoms with Crippen molar-refractivity contribution in [1.29, 1.82) is 0 Å². The Kier molecular flexibility index (Phi) is 15.3. The van der Waals surface area contributed by atoms with Crippen LogP contribution in [0.4, 0.5) is 5.69 Å². The van der Waals surface area contributed by atoms with Crippen LogP contribution in [0.3, 0.4) is 0 Å². The van der Waals surface area contributed by atoms with Gasteiger partial charge in [0.25, 0.3) is 11.6 Å². The van der Waals surface area contributed by atoms with Crippen LogP contribution >= 0.6 is 23.2 Å². The first-order valence-corrected chi connectivity index (χ1v) is 14.4. The topological polar surface area (TPSA) is 243 Å². The molecule has 0 radical (unpaired) electrons. The number of nitrogens with zero attached hydrogens (tertiary/aromatic N) is 1. The summed E-state index contributed by atoms with van der Waals surface area (Å²) in [6.07, 6.45) is -2.31. The number of esters is 1. The maximum absolute atomic E-state index is 12.5. The summed E-state index contributed by atoms with van der Waals surface area (Å²) in [5, 5.41) is 39.7. The van der Waals surface area contributed by atoms with Crippen molar-refractivity contribution in [3.63, 3.8) is 0 Å². The molecule has 0 unspecified atom stereocenters. The van der Waals surface area contributed by atoms with Crippen LogP contribution in [0.25, 0.3) is 0 Å². The third kappa shape index (κ3) is 13.5. The van der Waals surface area contributed by atoms with E-state index in [1.54, 1.807) is 30.3 Å². The van der Waals surface area contributed by atoms with Crippen molar-refractivity contribution in [2.75, 3.05) is 19.7 Å². The molecular formula is C28H31Cl2N5O11. The highest BCUT2D eigenvalue weighted by Crippen LogP contribution is 2.21. The number of ether oxygens (including phenoxy) is 1. The Labute approximate surface area is 271 Å². The summed E-state index contributed by atoms with van der Waals surface area (Å²) in [4.78, 5) is 81.0. The first-order valence-electron chi connectivity index (χ1n) is 13.5. The predicted molar refractivity (Wildman–Crippen MR) is 161 cm³/mol. The first kappa shape index (κ1) is 37.4. The average Bonchev–Trinajstić information content (AvgIpc) is 3.03. The van der Waals surface area contributed by atoms with Crippen LogP contribution in [0.1, 0.15) is 30.1 Å². The molecule has 0 spiro atoms. The van der Waals surface area contributed by atoms with Crippen molar-refractivity contribution in [2.24, 2.45) is 0 Å². The SMILES string of the molecule is O=C(O)CNC(=O)[C@H](Cc1ccccc1)NC(=O)CNC(=O)CCC(=O)OC[C@@H](NC(=O)C(Cl)Cl)[C@H](O)c1ccc([N+](=O)[O-])cc1. The summed E-state index contributed by atoms with van der Waals surface area (Å²) in [5.74, 6) is -5.30. The fourth-order valence-electron chi connectivity index (χ4n) is 3.81. The molecule has 0 saturated heterocycles. The van der Waals surface area contributed by atoms with Gasteiger partial charge in [0.1, 0.15) is 25.3 Å². The number of carbonyl (C=O) groups is 6. The van der Waals surface area contributed by atoms with Gasteiger partial charge < -0.3 is 36.2 Å². The number of aliphatic hydroxyl groups is 1. The fourth-order valence-corrected chi connectivity index (χ4v) is 3.94. The number of hydrogen-bond donors (Lipinski definition) is 6. The normalized spacial score (nSPS) is 12.6. The molecule has 0 saturated carbocycles. The highest BCUT2D eigenvalue weighted by atomic mass is 35.5. The molecule has 2 rings (SSSR count). The monoisotopic (exact) mass is 683 g/mol. The van der Waals surface area contributed by atoms with Crippen LogP contribution in [0.5, 0.6) is 0 Å². The van der Waals surface area contributed by atoms with Crippen LogP contribution in [-0.4, -0.2) is 87.3 Å². The number of carboxylic acids is 1. The Bertz CT molecular complexity index is 1390. The van der Waals surface area contributed by atoms with Crippen molar-refractivity contribution in [2.45, 2.75) is 42.3 Å². The predicted octanol–water partition coefficient (Wildman–Crippen LogP) is 0.285. The number of carboxylic acid groups (broad SMARTS) is 1. The second kappa shape index (κ2) is 18.9. The van der Waals surface area contributed by atoms with Crippen LogP contribution in [0.2, 0.25) is 0 Å². The van der Waals surface area contributed by atoms with Gasteiger partial charge in [0.2, 0.25) is 17.7 Å². The largest absolute Gasteiger partial charge is 0.480 e. The van der Waals surface area contributed by atoms with E-state index in [0.29, 0.717) is 5.56 Å². The summed E-state index contributed by atoms with van der Waals surface area (Å²) in [6.45, 7) is -1.80. The number of alkyl halides is 2. The molecule has 0 aliphatic heterocycles. The molecule has 0 heterocycles. The Morgan fingerprint density at radius 1 is 0.848 bits per heavy atom. The van der Waals surface area contributed by atoms with Gasteiger partial charge in [-0.3, -0.25) is 38.9 Å². The third-order valence-electron chi connectivity index (χ3n) is 6.13. The summed E-state index contributed by atoms with van der Waals surface area (Å²) >= 11 is 11.1. The molecule has 6 N–H and O–H groups in total. The summed E-state index contributed by atoms with van der Waals surface area (Å²) in [6, 6.07) is 11.0. The lowest BCUT2D eigenvalue weighted by Crippen LogP contribution is -2.51. The lowest BCUT2D eigenvalue weighted by Gasteiger charge is -2.24. The van der Waals surface area contributed by atoms with E-state index >= 15 is 0 Å². The van der Waals surface area contributed by atoms with Gasteiger partial charge >= 0.3 is 11.9 Å². The van der Waals surface area contributed by atoms with Gasteiger partial charge in [-0.05, 0) is 23.3 Å². The number of nitro benzene ring substituents is 1. The maximum atomic E-state index is 12.5. The molecule has 0 aliphatic carbocycles. The smallest absolute Gasteiger partial charge is 0.322 e. The Hall–Kier alpha value is -4.80. The van der Waals surface area contributed by atoms with E-state index in [9.17, 15) is 44.0 Å². The van der Waals surface area contributed by atoms with Crippen molar-refractivity contribution in [1.82, 2.24) is 21.3 Å². The van der Waals surface area contributed by atoms with Gasteiger partial charge in [0.15, 0.2) is 4.84 Å². The molecule has 16 nitrogen and oxygen atoms in total. The molecule has 2 aromatic carbocycles. The number of halogens is 2. The summed E-state index contributed by atoms with van der Waals surface area (Å²) < 4.78 is 5.09. The van der Waals surface area contributed by atoms with Gasteiger partial charge in [-0.2, -0.15) is 0 Å². The van der Waals surface area contributed by atoms with Crippen LogP contribution in [0, 0.1) is 10.1 Å². The lowest BCUT2D eigenvalue weighted by molar-refractivity contribution is -0.384. The zero-order chi connectivity index (χ0) is 34.2. The van der Waals surface area contributed by atoms with Crippen molar-refractivity contribution in [3.8, 4) is 0 Å². The van der Waals surface area contributed by atoms with Gasteiger partial charge in [-0.15, -0.1) is 0 Å². The van der Waals surface area contributed by atoms with Crippen molar-refractivity contribution < 1.29 is 48.6 Å². The zero-order valence-electron chi connectivity index (χ0n) is 24.0. The number of benzene rings is 2. The average molecular weight is 684 g/mol. The van der Waals surface area contributed by atoms with E-state index in [-0.39, 0.29) is 17.7 Å². The number of non-ortho nitro benzene ring substituents is 1. The molecule has 18 heteroatoms. The number of aliphatic carboxylic acids is 1. The Morgan fingerprint density at radius 3 is 2.09 bits per heavy atom. The van der Waals surface area contributed by atoms with E-state index in [2.05, 4.69) is 21.3 Å². The number of carbonyl (C=O) groups excluding carboxylic acids is 5. The molecule has 46 heavy (non-hydrogen) atoms. The minimum absolute atomic E-state index is 0.0502. The summed E-state index contributed by atoms with van der Waals surface area (Å²) in [5.41, 5.74) is 0.595. The van der Waals surface area contributed by atoms with E-state index in [4.69, 9.17) is 33.0 Å². The minimum Gasteiger partial charge on any atom is -0.480 e. The minimum atomic E-state index is -1.52. The third-order valence-corrected chi connectivity index (χ3v) is 6.52. The van der Waals surface area contributed by atoms with Crippen LogP contribution < -0.4 is 21.3 Å². The van der Waals surface area contributed by atoms with E-state index in [1.807, 2.05) is 0 Å². The molecule has 2 aromatic rings. The fraction of sp³-hybridized carbons (Fsp3) is 0.357. The van der Waals surface area contributed by atoms with E-state index in [1.165, 1.54) is 12.1 Å². The molecule has 3 atom stereocenters. The van der Waals surface area contributed by atoms with E-state index in [0.717, 1.165) is 12.1 Å². The lowest BCUT2D eigenvalue weighted by atomic mass is 10.0. The summed E-state index contributed by atoms with van der Waals surface area (Å²) in [7, 11) is 0. The molecule has 0 aliphatic rings. The number of nitro groups is 1. The van der Waals surface area contributed by atoms with Crippen molar-refractivity contribution >= 4 is 64.5 Å². The van der Waals surface area contributed by atoms with Gasteiger partial charge in [-0.1, -0.05) is 53.5 Å². The molecule has 0 fully saturated rings. The standard InChI is InChI=1S/C28H31Cl2N5O11/c29-26(30)28(43)34-20(25(41)17-6-8-18(9-7-17)35(44)45)15-46-24(40)11-10-21(36)31-13-22(37)33-19(27(42)32-14-23(38)39)12-16-4-2-1-3-5-16/h1-9,19-20,25-26,41H,10-15H2,(H,31,36)(H,32,42)(H,33,37)(H,34,43)(H,38,39)/t19-,20+,25+/m0/s1. The Morgan fingerprint density at radius 2 is 1.50 bits per heavy atom.